The highest BCUT2D eigenvalue weighted by molar-refractivity contribution is 8.01. The molecule has 0 spiro atoms. The number of aromatic nitrogens is 1. The van der Waals surface area contributed by atoms with E-state index in [1.54, 1.807) is 23.1 Å². The number of hydrogen-bond acceptors (Lipinski definition) is 5. The van der Waals surface area contributed by atoms with Crippen molar-refractivity contribution in [1.82, 2.24) is 4.98 Å². The van der Waals surface area contributed by atoms with Crippen LogP contribution < -0.4 is 10.1 Å². The lowest BCUT2D eigenvalue weighted by molar-refractivity contribution is -0.115. The minimum Gasteiger partial charge on any atom is -0.494 e. The van der Waals surface area contributed by atoms with Gasteiger partial charge in [-0.2, -0.15) is 0 Å². The minimum atomic E-state index is 0.00720. The number of hydrogen-bond donors (Lipinski definition) is 1. The van der Waals surface area contributed by atoms with E-state index in [2.05, 4.69) is 16.4 Å². The molecule has 1 N–H and O–H groups in total. The van der Waals surface area contributed by atoms with Crippen molar-refractivity contribution in [2.75, 3.05) is 17.7 Å². The molecule has 0 bridgehead atoms. The second-order valence-corrected chi connectivity index (χ2v) is 7.42. The van der Waals surface area contributed by atoms with Crippen molar-refractivity contribution in [1.29, 1.82) is 0 Å². The number of benzene rings is 2. The summed E-state index contributed by atoms with van der Waals surface area (Å²) in [5.74, 6) is 1.53. The minimum absolute atomic E-state index is 0.00720. The van der Waals surface area contributed by atoms with Gasteiger partial charge in [-0.25, -0.2) is 4.98 Å². The van der Waals surface area contributed by atoms with Crippen LogP contribution in [0.4, 0.5) is 5.69 Å². The van der Waals surface area contributed by atoms with Gasteiger partial charge in [0.05, 0.1) is 16.8 Å². The molecule has 0 aliphatic heterocycles. The van der Waals surface area contributed by atoms with Crippen LogP contribution in [0.1, 0.15) is 13.3 Å². The number of carbonyl (C=O) groups is 1. The highest BCUT2D eigenvalue weighted by Gasteiger charge is 2.07. The van der Waals surface area contributed by atoms with Gasteiger partial charge >= 0.3 is 0 Å². The first kappa shape index (κ1) is 16.8. The number of rotatable bonds is 7. The predicted octanol–water partition coefficient (Wildman–Crippen LogP) is 4.82. The molecule has 3 rings (SSSR count). The molecular formula is C18H18N2O2S2. The van der Waals surface area contributed by atoms with Gasteiger partial charge in [-0.15, -0.1) is 11.3 Å². The van der Waals surface area contributed by atoms with Gasteiger partial charge in [-0.1, -0.05) is 23.9 Å². The summed E-state index contributed by atoms with van der Waals surface area (Å²) in [5.41, 5.74) is 1.80. The summed E-state index contributed by atoms with van der Waals surface area (Å²) >= 11 is 3.29. The van der Waals surface area contributed by atoms with Gasteiger partial charge in [-0.3, -0.25) is 4.79 Å². The summed E-state index contributed by atoms with van der Waals surface area (Å²) in [6.45, 7) is 2.58. The van der Waals surface area contributed by atoms with E-state index in [1.165, 1.54) is 4.70 Å². The van der Waals surface area contributed by atoms with Crippen LogP contribution in [0.5, 0.6) is 5.75 Å². The van der Waals surface area contributed by atoms with Crippen molar-refractivity contribution in [2.24, 2.45) is 0 Å². The van der Waals surface area contributed by atoms with Crippen LogP contribution in [0.15, 0.2) is 52.9 Å². The molecule has 0 saturated carbocycles. The fraction of sp³-hybridized carbons (Fsp3) is 0.222. The average Bonchev–Trinajstić information content (AvgIpc) is 2.99. The van der Waals surface area contributed by atoms with Crippen LogP contribution in [0, 0.1) is 0 Å². The first-order valence-electron chi connectivity index (χ1n) is 7.75. The second-order valence-electron chi connectivity index (χ2n) is 5.05. The fourth-order valence-electron chi connectivity index (χ4n) is 2.17. The Labute approximate surface area is 149 Å². The lowest BCUT2D eigenvalue weighted by Gasteiger charge is -2.06. The number of para-hydroxylation sites is 1. The van der Waals surface area contributed by atoms with E-state index in [9.17, 15) is 4.79 Å². The summed E-state index contributed by atoms with van der Waals surface area (Å²) in [5, 5.41) is 2.90. The maximum absolute atomic E-state index is 12.0. The van der Waals surface area contributed by atoms with E-state index in [1.807, 2.05) is 49.4 Å². The Morgan fingerprint density at radius 1 is 1.21 bits per heavy atom. The van der Waals surface area contributed by atoms with Crippen LogP contribution >= 0.6 is 23.1 Å². The van der Waals surface area contributed by atoms with E-state index in [4.69, 9.17) is 4.74 Å². The van der Waals surface area contributed by atoms with E-state index >= 15 is 0 Å². The SMILES string of the molecule is CCOc1ccc(NC(=O)CCSc2nc3ccccc3s2)cc1. The number of fused-ring (bicyclic) bond motifs is 1. The summed E-state index contributed by atoms with van der Waals surface area (Å²) in [7, 11) is 0. The smallest absolute Gasteiger partial charge is 0.225 e. The van der Waals surface area contributed by atoms with Crippen LogP contribution in [0.3, 0.4) is 0 Å². The predicted molar refractivity (Wildman–Crippen MR) is 101 cm³/mol. The highest BCUT2D eigenvalue weighted by Crippen LogP contribution is 2.29. The van der Waals surface area contributed by atoms with E-state index < -0.39 is 0 Å². The Bertz CT molecular complexity index is 782. The van der Waals surface area contributed by atoms with Crippen LogP contribution in [0.25, 0.3) is 10.2 Å². The van der Waals surface area contributed by atoms with Crippen molar-refractivity contribution in [3.05, 3.63) is 48.5 Å². The molecule has 124 valence electrons. The number of anilines is 1. The number of carbonyl (C=O) groups excluding carboxylic acids is 1. The lowest BCUT2D eigenvalue weighted by Crippen LogP contribution is -2.12. The molecule has 2 aromatic carbocycles. The maximum atomic E-state index is 12.0. The van der Waals surface area contributed by atoms with Crippen molar-refractivity contribution in [2.45, 2.75) is 17.7 Å². The van der Waals surface area contributed by atoms with E-state index in [0.29, 0.717) is 18.8 Å². The zero-order valence-electron chi connectivity index (χ0n) is 13.3. The number of thiazole rings is 1. The number of ether oxygens (including phenoxy) is 1. The summed E-state index contributed by atoms with van der Waals surface area (Å²) in [4.78, 5) is 16.6. The number of amides is 1. The van der Waals surface area contributed by atoms with E-state index in [-0.39, 0.29) is 5.91 Å². The van der Waals surface area contributed by atoms with Gasteiger partial charge in [0, 0.05) is 17.9 Å². The standard InChI is InChI=1S/C18H18N2O2S2/c1-2-22-14-9-7-13(8-10-14)19-17(21)11-12-23-18-20-15-5-3-4-6-16(15)24-18/h3-10H,2,11-12H2,1H3,(H,19,21). The van der Waals surface area contributed by atoms with Crippen LogP contribution in [-0.4, -0.2) is 23.3 Å². The maximum Gasteiger partial charge on any atom is 0.225 e. The first-order chi connectivity index (χ1) is 11.7. The number of nitrogens with zero attached hydrogens (tertiary/aromatic N) is 1. The van der Waals surface area contributed by atoms with Crippen molar-refractivity contribution in [3.63, 3.8) is 0 Å². The normalized spacial score (nSPS) is 10.7. The second kappa shape index (κ2) is 8.17. The highest BCUT2D eigenvalue weighted by atomic mass is 32.2. The van der Waals surface area contributed by atoms with Crippen LogP contribution in [-0.2, 0) is 4.79 Å². The molecule has 0 saturated heterocycles. The summed E-state index contributed by atoms with van der Waals surface area (Å²) < 4.78 is 7.57. The molecule has 0 atom stereocenters. The molecule has 0 fully saturated rings. The molecule has 1 aromatic heterocycles. The fourth-order valence-corrected chi connectivity index (χ4v) is 4.25. The Hall–Kier alpha value is -2.05. The third-order valence-corrected chi connectivity index (χ3v) is 5.46. The van der Waals surface area contributed by atoms with Crippen molar-refractivity contribution < 1.29 is 9.53 Å². The molecule has 0 aliphatic carbocycles. The third kappa shape index (κ3) is 4.49. The largest absolute Gasteiger partial charge is 0.494 e. The Balaban J connectivity index is 1.46. The molecule has 0 radical (unpaired) electrons. The van der Waals surface area contributed by atoms with Crippen molar-refractivity contribution >= 4 is 44.9 Å². The monoisotopic (exact) mass is 358 g/mol. The van der Waals surface area contributed by atoms with Gasteiger partial charge in [-0.05, 0) is 43.3 Å². The molecule has 24 heavy (non-hydrogen) atoms. The quantitative estimate of drug-likeness (QED) is 0.616. The molecule has 4 nitrogen and oxygen atoms in total. The number of nitrogens with one attached hydrogen (secondary N) is 1. The van der Waals surface area contributed by atoms with Crippen LogP contribution in [0.2, 0.25) is 0 Å². The average molecular weight is 358 g/mol. The van der Waals surface area contributed by atoms with Gasteiger partial charge in [0.1, 0.15) is 5.75 Å². The van der Waals surface area contributed by atoms with Crippen molar-refractivity contribution in [3.8, 4) is 5.75 Å². The molecule has 0 unspecified atom stereocenters. The Morgan fingerprint density at radius 3 is 2.75 bits per heavy atom. The molecule has 1 amide bonds. The Kier molecular flexibility index (Phi) is 5.72. The topological polar surface area (TPSA) is 51.2 Å². The van der Waals surface area contributed by atoms with Gasteiger partial charge < -0.3 is 10.1 Å². The third-order valence-electron chi connectivity index (χ3n) is 3.28. The molecule has 1 heterocycles. The summed E-state index contributed by atoms with van der Waals surface area (Å²) in [6.07, 6.45) is 0.452. The first-order valence-corrected chi connectivity index (χ1v) is 9.56. The van der Waals surface area contributed by atoms with Gasteiger partial charge in [0.2, 0.25) is 5.91 Å². The van der Waals surface area contributed by atoms with E-state index in [0.717, 1.165) is 21.3 Å². The molecule has 6 heteroatoms. The Morgan fingerprint density at radius 2 is 2.00 bits per heavy atom. The molecule has 0 aliphatic rings. The zero-order valence-corrected chi connectivity index (χ0v) is 15.0. The van der Waals surface area contributed by atoms with Gasteiger partial charge in [0.15, 0.2) is 4.34 Å². The lowest BCUT2D eigenvalue weighted by atomic mass is 10.3. The zero-order chi connectivity index (χ0) is 16.8. The number of thioether (sulfide) groups is 1. The molecular weight excluding hydrogens is 340 g/mol. The van der Waals surface area contributed by atoms with Gasteiger partial charge in [0.25, 0.3) is 0 Å². The molecule has 3 aromatic rings. The summed E-state index contributed by atoms with van der Waals surface area (Å²) in [6, 6.07) is 15.5.